The minimum atomic E-state index is -0.935. The molecule has 0 aliphatic rings. The van der Waals surface area contributed by atoms with Gasteiger partial charge in [0.15, 0.2) is 0 Å². The molecule has 0 aliphatic heterocycles. The van der Waals surface area contributed by atoms with Gasteiger partial charge in [-0.25, -0.2) is 0 Å². The molecular weight excluding hydrogens is 252 g/mol. The number of aliphatic hydroxyl groups excluding tert-OH is 2. The molecular formula is C16H16O2Si. The third-order valence-corrected chi connectivity index (χ3v) is 4.93. The fraction of sp³-hybridized carbons (Fsp3) is 0. The van der Waals surface area contributed by atoms with Crippen molar-refractivity contribution in [2.45, 2.75) is 0 Å². The molecule has 2 N–H and O–H groups in total. The van der Waals surface area contributed by atoms with Gasteiger partial charge in [-0.1, -0.05) is 60.7 Å². The SMILES string of the molecule is OC=C([SiH2]C(=CO)c1ccccc1)c1ccccc1. The first-order chi connectivity index (χ1) is 9.35. The molecule has 0 saturated heterocycles. The Hall–Kier alpha value is -2.26. The average molecular weight is 268 g/mol. The minimum Gasteiger partial charge on any atom is -0.516 e. The van der Waals surface area contributed by atoms with Crippen LogP contribution in [0.25, 0.3) is 10.4 Å². The van der Waals surface area contributed by atoms with Gasteiger partial charge in [0.1, 0.15) is 0 Å². The van der Waals surface area contributed by atoms with Crippen molar-refractivity contribution in [1.29, 1.82) is 0 Å². The van der Waals surface area contributed by atoms with E-state index >= 15 is 0 Å². The van der Waals surface area contributed by atoms with Crippen LogP contribution in [0.1, 0.15) is 11.1 Å². The Bertz CT molecular complexity index is 521. The summed E-state index contributed by atoms with van der Waals surface area (Å²) in [4.78, 5) is 0. The highest BCUT2D eigenvalue weighted by molar-refractivity contribution is 6.78. The first kappa shape index (κ1) is 13.2. The smallest absolute Gasteiger partial charge is 0.0970 e. The summed E-state index contributed by atoms with van der Waals surface area (Å²) in [7, 11) is -0.935. The van der Waals surface area contributed by atoms with Crippen LogP contribution in [0.5, 0.6) is 0 Å². The largest absolute Gasteiger partial charge is 0.516 e. The van der Waals surface area contributed by atoms with Gasteiger partial charge in [-0.3, -0.25) is 0 Å². The van der Waals surface area contributed by atoms with E-state index in [1.807, 2.05) is 60.7 Å². The van der Waals surface area contributed by atoms with Crippen LogP contribution in [0, 0.1) is 0 Å². The molecule has 0 spiro atoms. The molecule has 0 saturated carbocycles. The van der Waals surface area contributed by atoms with E-state index in [-0.39, 0.29) is 0 Å². The van der Waals surface area contributed by atoms with E-state index in [1.165, 1.54) is 0 Å². The molecule has 0 atom stereocenters. The molecule has 2 aromatic carbocycles. The Morgan fingerprint density at radius 3 is 1.37 bits per heavy atom. The highest BCUT2D eigenvalue weighted by Gasteiger charge is 2.08. The number of rotatable bonds is 4. The topological polar surface area (TPSA) is 40.5 Å². The molecule has 2 aromatic rings. The highest BCUT2D eigenvalue weighted by Crippen LogP contribution is 2.20. The van der Waals surface area contributed by atoms with Gasteiger partial charge in [0, 0.05) is 0 Å². The molecule has 0 unspecified atom stereocenters. The van der Waals surface area contributed by atoms with Gasteiger partial charge in [-0.2, -0.15) is 0 Å². The zero-order valence-electron chi connectivity index (χ0n) is 10.5. The zero-order chi connectivity index (χ0) is 13.5. The van der Waals surface area contributed by atoms with Crippen LogP contribution in [0.4, 0.5) is 0 Å². The molecule has 0 fully saturated rings. The van der Waals surface area contributed by atoms with Crippen molar-refractivity contribution in [2.75, 3.05) is 0 Å². The van der Waals surface area contributed by atoms with Crippen LogP contribution >= 0.6 is 0 Å². The molecule has 0 amide bonds. The number of hydrogen-bond donors (Lipinski definition) is 2. The first-order valence-electron chi connectivity index (χ1n) is 6.12. The summed E-state index contributed by atoms with van der Waals surface area (Å²) in [5.74, 6) is 0. The summed E-state index contributed by atoms with van der Waals surface area (Å²) in [6, 6.07) is 19.5. The molecule has 0 aliphatic carbocycles. The summed E-state index contributed by atoms with van der Waals surface area (Å²) >= 11 is 0. The molecule has 0 aromatic heterocycles. The fourth-order valence-corrected chi connectivity index (χ4v) is 3.43. The van der Waals surface area contributed by atoms with E-state index in [0.717, 1.165) is 34.0 Å². The van der Waals surface area contributed by atoms with Crippen LogP contribution in [0.2, 0.25) is 0 Å². The summed E-state index contributed by atoms with van der Waals surface area (Å²) in [6.07, 6.45) is 2.32. The van der Waals surface area contributed by atoms with Crippen LogP contribution in [0.3, 0.4) is 0 Å². The molecule has 3 heteroatoms. The lowest BCUT2D eigenvalue weighted by molar-refractivity contribution is 0.476. The van der Waals surface area contributed by atoms with Crippen LogP contribution in [-0.4, -0.2) is 19.7 Å². The van der Waals surface area contributed by atoms with Gasteiger partial charge in [0.25, 0.3) is 0 Å². The quantitative estimate of drug-likeness (QED) is 0.660. The normalized spacial score (nSPS) is 13.1. The predicted molar refractivity (Wildman–Crippen MR) is 82.6 cm³/mol. The zero-order valence-corrected chi connectivity index (χ0v) is 11.9. The predicted octanol–water partition coefficient (Wildman–Crippen LogP) is 3.27. The average Bonchev–Trinajstić information content (AvgIpc) is 2.50. The molecule has 0 heterocycles. The van der Waals surface area contributed by atoms with Gasteiger partial charge in [0.2, 0.25) is 0 Å². The Morgan fingerprint density at radius 1 is 0.684 bits per heavy atom. The number of aliphatic hydroxyl groups is 2. The fourth-order valence-electron chi connectivity index (χ4n) is 1.95. The standard InChI is InChI=1S/C16H16O2Si/c17-11-15(13-7-3-1-4-8-13)19-16(12-18)14-9-5-2-6-10-14/h1-12,17-18H,19H2. The summed E-state index contributed by atoms with van der Waals surface area (Å²) in [6.45, 7) is 0. The Balaban J connectivity index is 2.24. The first-order valence-corrected chi connectivity index (χ1v) is 7.54. The van der Waals surface area contributed by atoms with Crippen molar-refractivity contribution in [3.63, 3.8) is 0 Å². The molecule has 19 heavy (non-hydrogen) atoms. The maximum absolute atomic E-state index is 9.43. The van der Waals surface area contributed by atoms with Crippen molar-refractivity contribution < 1.29 is 10.2 Å². The lowest BCUT2D eigenvalue weighted by atomic mass is 10.2. The van der Waals surface area contributed by atoms with Crippen molar-refractivity contribution in [2.24, 2.45) is 0 Å². The number of hydrogen-bond acceptors (Lipinski definition) is 2. The lowest BCUT2D eigenvalue weighted by Gasteiger charge is -2.09. The van der Waals surface area contributed by atoms with Crippen molar-refractivity contribution in [3.8, 4) is 0 Å². The van der Waals surface area contributed by atoms with Gasteiger partial charge < -0.3 is 10.2 Å². The van der Waals surface area contributed by atoms with Crippen LogP contribution in [0.15, 0.2) is 73.2 Å². The molecule has 96 valence electrons. The van der Waals surface area contributed by atoms with E-state index in [0.29, 0.717) is 0 Å². The number of benzene rings is 2. The van der Waals surface area contributed by atoms with E-state index < -0.39 is 9.52 Å². The van der Waals surface area contributed by atoms with E-state index in [4.69, 9.17) is 0 Å². The van der Waals surface area contributed by atoms with Crippen LogP contribution < -0.4 is 0 Å². The highest BCUT2D eigenvalue weighted by atomic mass is 28.2. The molecule has 0 bridgehead atoms. The Morgan fingerprint density at radius 2 is 1.05 bits per heavy atom. The van der Waals surface area contributed by atoms with Crippen molar-refractivity contribution in [3.05, 3.63) is 84.3 Å². The second kappa shape index (κ2) is 6.61. The third-order valence-electron chi connectivity index (χ3n) is 2.98. The van der Waals surface area contributed by atoms with E-state index in [2.05, 4.69) is 0 Å². The summed E-state index contributed by atoms with van der Waals surface area (Å²) in [5, 5.41) is 20.7. The Labute approximate surface area is 115 Å². The van der Waals surface area contributed by atoms with E-state index in [9.17, 15) is 10.2 Å². The maximum atomic E-state index is 9.43. The second-order valence-corrected chi connectivity index (χ2v) is 6.09. The van der Waals surface area contributed by atoms with Gasteiger partial charge in [0.05, 0.1) is 22.0 Å². The second-order valence-electron chi connectivity index (χ2n) is 4.22. The van der Waals surface area contributed by atoms with Crippen molar-refractivity contribution in [1.82, 2.24) is 0 Å². The Kier molecular flexibility index (Phi) is 4.58. The van der Waals surface area contributed by atoms with E-state index in [1.54, 1.807) is 0 Å². The van der Waals surface area contributed by atoms with Gasteiger partial charge in [-0.05, 0) is 21.5 Å². The van der Waals surface area contributed by atoms with Crippen molar-refractivity contribution >= 4 is 19.9 Å². The van der Waals surface area contributed by atoms with Crippen LogP contribution in [-0.2, 0) is 0 Å². The minimum absolute atomic E-state index is 0.907. The maximum Gasteiger partial charge on any atom is 0.0970 e. The third kappa shape index (κ3) is 3.36. The molecule has 2 rings (SSSR count). The summed E-state index contributed by atoms with van der Waals surface area (Å²) in [5.41, 5.74) is 2.01. The monoisotopic (exact) mass is 268 g/mol. The lowest BCUT2D eigenvalue weighted by Crippen LogP contribution is -2.01. The summed E-state index contributed by atoms with van der Waals surface area (Å²) < 4.78 is 0. The molecule has 2 nitrogen and oxygen atoms in total. The van der Waals surface area contributed by atoms with Gasteiger partial charge >= 0.3 is 0 Å². The molecule has 0 radical (unpaired) electrons. The van der Waals surface area contributed by atoms with Gasteiger partial charge in [-0.15, -0.1) is 0 Å².